The largest absolute Gasteiger partial charge is 1.00 e. The van der Waals surface area contributed by atoms with E-state index in [0.717, 1.165) is 12.8 Å². The molecule has 4 heteroatoms. The molecule has 2 aromatic rings. The van der Waals surface area contributed by atoms with Gasteiger partial charge in [0.25, 0.3) is 0 Å². The van der Waals surface area contributed by atoms with E-state index >= 15 is 0 Å². The zero-order chi connectivity index (χ0) is 20.8. The second-order valence-electron chi connectivity index (χ2n) is 8.63. The molecule has 0 radical (unpaired) electrons. The maximum Gasteiger partial charge on any atom is -1.00 e. The Bertz CT molecular complexity index is 944. The summed E-state index contributed by atoms with van der Waals surface area (Å²) < 4.78 is 3.44. The van der Waals surface area contributed by atoms with Crippen LogP contribution < -0.4 is 24.8 Å². The molecule has 1 saturated heterocycles. The molecule has 0 atom stereocenters. The molecule has 3 aliphatic rings. The molecule has 0 spiro atoms. The monoisotopic (exact) mass is 556 g/mol. The molecule has 0 amide bonds. The van der Waals surface area contributed by atoms with Gasteiger partial charge in [-0.3, -0.25) is 0 Å². The first kappa shape index (κ1) is 27.3. The van der Waals surface area contributed by atoms with Crippen LogP contribution in [0.2, 0.25) is 12.1 Å². The molecule has 0 bridgehead atoms. The van der Waals surface area contributed by atoms with Crippen LogP contribution in [0.1, 0.15) is 47.9 Å². The van der Waals surface area contributed by atoms with E-state index in [0.29, 0.717) is 9.52 Å². The number of halogens is 2. The molecule has 32 heavy (non-hydrogen) atoms. The molecule has 2 aliphatic carbocycles. The van der Waals surface area contributed by atoms with Gasteiger partial charge in [-0.15, -0.1) is 0 Å². The zero-order valence-electron chi connectivity index (χ0n) is 19.1. The van der Waals surface area contributed by atoms with Gasteiger partial charge < -0.3 is 24.8 Å². The molecule has 0 nitrogen and oxygen atoms in total. The van der Waals surface area contributed by atoms with Crippen molar-refractivity contribution in [2.24, 2.45) is 0 Å². The van der Waals surface area contributed by atoms with Crippen LogP contribution in [0.3, 0.4) is 0 Å². The van der Waals surface area contributed by atoms with Crippen molar-refractivity contribution < 1.29 is 48.0 Å². The maximum atomic E-state index is 2.35. The molecule has 2 aromatic carbocycles. The average Bonchev–Trinajstić information content (AvgIpc) is 3.52. The van der Waals surface area contributed by atoms with Crippen molar-refractivity contribution in [3.8, 4) is 0 Å². The molecule has 0 N–H and O–H groups in total. The topological polar surface area (TPSA) is 0 Å². The van der Waals surface area contributed by atoms with E-state index in [4.69, 9.17) is 0 Å². The maximum absolute atomic E-state index is 2.35. The van der Waals surface area contributed by atoms with Gasteiger partial charge in [0.1, 0.15) is 0 Å². The molecule has 1 fully saturated rings. The minimum Gasteiger partial charge on any atom is -1.00 e. The number of hydrogen-bond acceptors (Lipinski definition) is 0. The summed E-state index contributed by atoms with van der Waals surface area (Å²) >= 11 is -0.741. The van der Waals surface area contributed by atoms with Crippen molar-refractivity contribution in [2.75, 3.05) is 0 Å². The van der Waals surface area contributed by atoms with Crippen molar-refractivity contribution in [1.82, 2.24) is 0 Å². The Morgan fingerprint density at radius 1 is 0.688 bits per heavy atom. The van der Waals surface area contributed by atoms with Crippen LogP contribution in [0, 0.1) is 13.8 Å². The normalized spacial score (nSPS) is 16.3. The van der Waals surface area contributed by atoms with E-state index in [1.165, 1.54) is 33.4 Å². The van der Waals surface area contributed by atoms with Gasteiger partial charge in [0, 0.05) is 9.52 Å². The van der Waals surface area contributed by atoms with Gasteiger partial charge in [0.2, 0.25) is 0 Å². The van der Waals surface area contributed by atoms with Crippen LogP contribution in [-0.2, 0) is 23.2 Å². The number of allylic oxidation sites excluding steroid dienone is 8. The van der Waals surface area contributed by atoms with Gasteiger partial charge in [0.15, 0.2) is 0 Å². The summed E-state index contributed by atoms with van der Waals surface area (Å²) in [6.45, 7) is 4.36. The van der Waals surface area contributed by atoms with Crippen molar-refractivity contribution in [3.63, 3.8) is 0 Å². The van der Waals surface area contributed by atoms with Gasteiger partial charge in [-0.2, -0.15) is 0 Å². The van der Waals surface area contributed by atoms with Crippen LogP contribution in [0.25, 0.3) is 11.1 Å². The SMILES string of the molecule is C1CC[SiH2]C1.Cc1cccc(C2=[C]([Zr+2][C]3=C(c4cccc(C)c4)C=CC3)CC=C2)c1.[Cl-].[Cl-]. The summed E-state index contributed by atoms with van der Waals surface area (Å²) in [5.41, 5.74) is 8.48. The molecule has 0 unspecified atom stereocenters. The van der Waals surface area contributed by atoms with Gasteiger partial charge in [-0.1, -0.05) is 24.9 Å². The van der Waals surface area contributed by atoms with Gasteiger partial charge in [-0.25, -0.2) is 0 Å². The second-order valence-corrected chi connectivity index (χ2v) is 14.3. The van der Waals surface area contributed by atoms with E-state index in [9.17, 15) is 0 Å². The summed E-state index contributed by atoms with van der Waals surface area (Å²) in [4.78, 5) is 0. The average molecular weight is 559 g/mol. The first-order valence-electron chi connectivity index (χ1n) is 11.4. The Balaban J connectivity index is 0.000000460. The number of rotatable bonds is 4. The van der Waals surface area contributed by atoms with E-state index in [-0.39, 0.29) is 24.8 Å². The quantitative estimate of drug-likeness (QED) is 0.496. The van der Waals surface area contributed by atoms with Crippen molar-refractivity contribution in [1.29, 1.82) is 0 Å². The minimum atomic E-state index is -0.741. The Kier molecular flexibility index (Phi) is 11.7. The Morgan fingerprint density at radius 2 is 1.16 bits per heavy atom. The first-order chi connectivity index (χ1) is 14.7. The van der Waals surface area contributed by atoms with Crippen molar-refractivity contribution in [3.05, 3.63) is 102 Å². The fourth-order valence-electron chi connectivity index (χ4n) is 4.48. The van der Waals surface area contributed by atoms with Crippen LogP contribution in [0.4, 0.5) is 0 Å². The van der Waals surface area contributed by atoms with Crippen LogP contribution >= 0.6 is 0 Å². The summed E-state index contributed by atoms with van der Waals surface area (Å²) in [6.07, 6.45) is 14.8. The molecule has 166 valence electrons. The fraction of sp³-hybridized carbons (Fsp3) is 0.286. The molecule has 0 aromatic heterocycles. The summed E-state index contributed by atoms with van der Waals surface area (Å²) in [5.74, 6) is 0. The third-order valence-corrected chi connectivity index (χ3v) is 11.9. The van der Waals surface area contributed by atoms with Crippen LogP contribution in [0.5, 0.6) is 0 Å². The molecule has 0 saturated carbocycles. The third kappa shape index (κ3) is 7.29. The fourth-order valence-corrected chi connectivity index (χ4v) is 10.0. The van der Waals surface area contributed by atoms with E-state index < -0.39 is 23.2 Å². The Morgan fingerprint density at radius 3 is 1.53 bits per heavy atom. The zero-order valence-corrected chi connectivity index (χ0v) is 24.5. The minimum absolute atomic E-state index is 0. The second kappa shape index (κ2) is 13.7. The molecular formula is C28H32Cl2SiZr. The summed E-state index contributed by atoms with van der Waals surface area (Å²) in [6, 6.07) is 21.2. The van der Waals surface area contributed by atoms with Crippen molar-refractivity contribution >= 4 is 20.7 Å². The van der Waals surface area contributed by atoms with Gasteiger partial charge in [0.05, 0.1) is 0 Å². The summed E-state index contributed by atoms with van der Waals surface area (Å²) in [5, 5.41) is 0. The third-order valence-electron chi connectivity index (χ3n) is 6.07. The Labute approximate surface area is 220 Å². The Hall–Kier alpha value is -0.920. The standard InChI is InChI=1S/2C12H11.C4H10Si.2ClH.Zr/c2*1-10-5-4-8-12(9-10)11-6-2-3-7-11;1-2-4-5-3-1;;;/h2*2,4-6,8-9H,3H2,1H3;1-5H2;2*1H;/q;;;;;+2/p-2. The predicted octanol–water partition coefficient (Wildman–Crippen LogP) is 1.22. The van der Waals surface area contributed by atoms with Gasteiger partial charge in [-0.05, 0) is 0 Å². The van der Waals surface area contributed by atoms with Gasteiger partial charge >= 0.3 is 163 Å². The summed E-state index contributed by atoms with van der Waals surface area (Å²) in [7, 11) is 0.543. The van der Waals surface area contributed by atoms with Crippen molar-refractivity contribution in [2.45, 2.75) is 51.6 Å². The molecule has 1 aliphatic heterocycles. The number of benzene rings is 2. The molecule has 5 rings (SSSR count). The smallest absolute Gasteiger partial charge is 1.00 e. The van der Waals surface area contributed by atoms with Crippen LogP contribution in [-0.4, -0.2) is 9.52 Å². The number of aryl methyl sites for hydroxylation is 2. The first-order valence-corrected chi connectivity index (χ1v) is 15.9. The van der Waals surface area contributed by atoms with E-state index in [1.54, 1.807) is 31.5 Å². The molecular weight excluding hydrogens is 527 g/mol. The van der Waals surface area contributed by atoms with Crippen LogP contribution in [0.15, 0.2) is 79.4 Å². The van der Waals surface area contributed by atoms with E-state index in [2.05, 4.69) is 86.7 Å². The van der Waals surface area contributed by atoms with E-state index in [1.807, 2.05) is 0 Å². The number of hydrogen-bond donors (Lipinski definition) is 0. The molecule has 1 heterocycles. The predicted molar refractivity (Wildman–Crippen MR) is 131 cm³/mol.